The Balaban J connectivity index is 0.00000392. The van der Waals surface area contributed by atoms with Crippen molar-refractivity contribution in [1.82, 2.24) is 4.98 Å². The number of ketones is 1. The molecule has 0 aliphatic heterocycles. The van der Waals surface area contributed by atoms with Crippen LogP contribution < -0.4 is 4.72 Å². The van der Waals surface area contributed by atoms with Crippen LogP contribution in [0.3, 0.4) is 0 Å². The molecule has 0 fully saturated rings. The largest absolute Gasteiger partial charge is 0.453 e. The van der Waals surface area contributed by atoms with Gasteiger partial charge in [-0.05, 0) is 24.3 Å². The highest BCUT2D eigenvalue weighted by molar-refractivity contribution is 7.92. The Kier molecular flexibility index (Phi) is 7.24. The summed E-state index contributed by atoms with van der Waals surface area (Å²) in [4.78, 5) is 15.4. The molecule has 0 bridgehead atoms. The van der Waals surface area contributed by atoms with Crippen molar-refractivity contribution in [3.05, 3.63) is 54.4 Å². The molecule has 1 heterocycles. The SMILES string of the molecule is C.O=C(CCC(F)(F)C(F)(F)F)c1cccc(NS(=O)(=O)c2cccnc2)c1. The van der Waals surface area contributed by atoms with E-state index in [2.05, 4.69) is 9.71 Å². The van der Waals surface area contributed by atoms with Crippen molar-refractivity contribution in [3.8, 4) is 0 Å². The molecule has 154 valence electrons. The minimum absolute atomic E-state index is 0. The van der Waals surface area contributed by atoms with Gasteiger partial charge in [0.25, 0.3) is 10.0 Å². The molecule has 0 aliphatic carbocycles. The number of anilines is 1. The minimum atomic E-state index is -5.74. The maximum Gasteiger partial charge on any atom is 0.453 e. The van der Waals surface area contributed by atoms with Crippen molar-refractivity contribution in [2.45, 2.75) is 37.3 Å². The monoisotopic (exact) mass is 424 g/mol. The average Bonchev–Trinajstić information content (AvgIpc) is 2.59. The lowest BCUT2D eigenvalue weighted by atomic mass is 10.0. The van der Waals surface area contributed by atoms with Gasteiger partial charge >= 0.3 is 12.1 Å². The third-order valence-corrected chi connectivity index (χ3v) is 4.83. The Morgan fingerprint density at radius 2 is 1.75 bits per heavy atom. The van der Waals surface area contributed by atoms with E-state index in [1.54, 1.807) is 0 Å². The molecule has 0 aliphatic rings. The number of pyridine rings is 1. The zero-order chi connectivity index (χ0) is 20.3. The van der Waals surface area contributed by atoms with Gasteiger partial charge in [-0.15, -0.1) is 0 Å². The standard InChI is InChI=1S/C16H13F5N2O3S.CH4/c17-15(18,16(19,20)21)7-6-14(24)11-3-1-4-12(9-11)23-27(25,26)13-5-2-8-22-10-13;/h1-5,8-10,23H,6-7H2;1H4. The van der Waals surface area contributed by atoms with Crippen molar-refractivity contribution in [2.24, 2.45) is 0 Å². The third-order valence-electron chi connectivity index (χ3n) is 3.46. The van der Waals surface area contributed by atoms with Crippen molar-refractivity contribution in [3.63, 3.8) is 0 Å². The smallest absolute Gasteiger partial charge is 0.294 e. The predicted molar refractivity (Wildman–Crippen MR) is 92.8 cm³/mol. The summed E-state index contributed by atoms with van der Waals surface area (Å²) in [6, 6.07) is 7.50. The van der Waals surface area contributed by atoms with Gasteiger partial charge in [0.05, 0.1) is 0 Å². The van der Waals surface area contributed by atoms with Gasteiger partial charge in [-0.1, -0.05) is 19.6 Å². The van der Waals surface area contributed by atoms with E-state index in [-0.39, 0.29) is 23.6 Å². The number of hydrogen-bond acceptors (Lipinski definition) is 4. The van der Waals surface area contributed by atoms with E-state index in [0.717, 1.165) is 12.3 Å². The molecule has 5 nitrogen and oxygen atoms in total. The van der Waals surface area contributed by atoms with Crippen LogP contribution >= 0.6 is 0 Å². The molecule has 1 N–H and O–H groups in total. The number of carbonyl (C=O) groups is 1. The lowest BCUT2D eigenvalue weighted by Crippen LogP contribution is -2.36. The van der Waals surface area contributed by atoms with E-state index >= 15 is 0 Å². The Hall–Kier alpha value is -2.56. The normalized spacial score (nSPS) is 12.2. The molecule has 0 unspecified atom stereocenters. The Labute approximate surface area is 158 Å². The predicted octanol–water partition coefficient (Wildman–Crippen LogP) is 4.68. The molecule has 0 saturated heterocycles. The second kappa shape index (κ2) is 8.63. The van der Waals surface area contributed by atoms with Gasteiger partial charge in [-0.3, -0.25) is 14.5 Å². The first kappa shape index (κ1) is 23.5. The van der Waals surface area contributed by atoms with Gasteiger partial charge in [0.15, 0.2) is 5.78 Å². The highest BCUT2D eigenvalue weighted by Crippen LogP contribution is 2.39. The van der Waals surface area contributed by atoms with E-state index in [1.807, 2.05) is 0 Å². The van der Waals surface area contributed by atoms with Crippen LogP contribution in [-0.4, -0.2) is 31.3 Å². The van der Waals surface area contributed by atoms with E-state index in [4.69, 9.17) is 0 Å². The number of nitrogens with one attached hydrogen (secondary N) is 1. The summed E-state index contributed by atoms with van der Waals surface area (Å²) in [6.07, 6.45) is -6.02. The lowest BCUT2D eigenvalue weighted by molar-refractivity contribution is -0.283. The highest BCUT2D eigenvalue weighted by atomic mass is 32.2. The molecular weight excluding hydrogens is 407 g/mol. The third kappa shape index (κ3) is 5.72. The number of alkyl halides is 5. The topological polar surface area (TPSA) is 76.1 Å². The summed E-state index contributed by atoms with van der Waals surface area (Å²) in [7, 11) is -4.00. The second-order valence-electron chi connectivity index (χ2n) is 5.50. The molecule has 2 rings (SSSR count). The van der Waals surface area contributed by atoms with Gasteiger partial charge in [-0.25, -0.2) is 8.42 Å². The van der Waals surface area contributed by atoms with E-state index in [9.17, 15) is 35.2 Å². The fraction of sp³-hybridized carbons (Fsp3) is 0.294. The molecule has 1 aromatic heterocycles. The zero-order valence-electron chi connectivity index (χ0n) is 13.5. The van der Waals surface area contributed by atoms with Crippen LogP contribution in [-0.2, 0) is 10.0 Å². The number of hydrogen-bond donors (Lipinski definition) is 1. The first-order valence-electron chi connectivity index (χ1n) is 7.43. The molecule has 0 radical (unpaired) electrons. The number of aromatic nitrogens is 1. The van der Waals surface area contributed by atoms with Gasteiger partial charge in [0.2, 0.25) is 0 Å². The number of Topliss-reactive ketones (excluding diaryl/α,β-unsaturated/α-hetero) is 1. The molecule has 1 aromatic carbocycles. The fourth-order valence-corrected chi connectivity index (χ4v) is 3.05. The van der Waals surface area contributed by atoms with Crippen LogP contribution in [0.25, 0.3) is 0 Å². The summed E-state index contributed by atoms with van der Waals surface area (Å²) >= 11 is 0. The number of nitrogens with zero attached hydrogens (tertiary/aromatic N) is 1. The maximum absolute atomic E-state index is 12.9. The van der Waals surface area contributed by atoms with E-state index in [0.29, 0.717) is 0 Å². The minimum Gasteiger partial charge on any atom is -0.294 e. The molecule has 0 saturated carbocycles. The lowest BCUT2D eigenvalue weighted by Gasteiger charge is -2.18. The Morgan fingerprint density at radius 1 is 1.07 bits per heavy atom. The summed E-state index contributed by atoms with van der Waals surface area (Å²) in [5, 5.41) is 0. The van der Waals surface area contributed by atoms with Gasteiger partial charge in [-0.2, -0.15) is 22.0 Å². The number of benzene rings is 1. The number of halogens is 5. The van der Waals surface area contributed by atoms with Crippen LogP contribution in [0.1, 0.15) is 30.6 Å². The van der Waals surface area contributed by atoms with Crippen molar-refractivity contribution < 1.29 is 35.2 Å². The molecule has 28 heavy (non-hydrogen) atoms. The quantitative estimate of drug-likeness (QED) is 0.517. The Bertz CT molecular complexity index is 916. The van der Waals surface area contributed by atoms with Gasteiger partial charge < -0.3 is 0 Å². The summed E-state index contributed by atoms with van der Waals surface area (Å²) in [6.45, 7) is 0. The van der Waals surface area contributed by atoms with Crippen LogP contribution in [0.2, 0.25) is 0 Å². The van der Waals surface area contributed by atoms with E-state index < -0.39 is 40.7 Å². The first-order chi connectivity index (χ1) is 12.4. The molecule has 0 amide bonds. The summed E-state index contributed by atoms with van der Waals surface area (Å²) < 4.78 is 88.9. The molecule has 2 aromatic rings. The van der Waals surface area contributed by atoms with Crippen LogP contribution in [0.4, 0.5) is 27.6 Å². The number of carbonyl (C=O) groups excluding carboxylic acids is 1. The number of rotatable bonds is 7. The fourth-order valence-electron chi connectivity index (χ4n) is 2.03. The van der Waals surface area contributed by atoms with Gasteiger partial charge in [0.1, 0.15) is 4.90 Å². The van der Waals surface area contributed by atoms with E-state index in [1.165, 1.54) is 36.5 Å². The maximum atomic E-state index is 12.9. The zero-order valence-corrected chi connectivity index (χ0v) is 14.3. The van der Waals surface area contributed by atoms with Crippen LogP contribution in [0.5, 0.6) is 0 Å². The molecule has 11 heteroatoms. The molecule has 0 spiro atoms. The molecular formula is C17H17F5N2O3S. The molecule has 0 atom stereocenters. The van der Waals surface area contributed by atoms with Gasteiger partial charge in [0, 0.05) is 36.5 Å². The average molecular weight is 424 g/mol. The summed E-state index contributed by atoms with van der Waals surface area (Å²) in [5.41, 5.74) is -0.244. The van der Waals surface area contributed by atoms with Crippen molar-refractivity contribution in [1.29, 1.82) is 0 Å². The highest BCUT2D eigenvalue weighted by Gasteiger charge is 2.56. The Morgan fingerprint density at radius 3 is 2.32 bits per heavy atom. The summed E-state index contributed by atoms with van der Waals surface area (Å²) in [5.74, 6) is -5.95. The van der Waals surface area contributed by atoms with Crippen molar-refractivity contribution >= 4 is 21.5 Å². The van der Waals surface area contributed by atoms with Crippen LogP contribution in [0.15, 0.2) is 53.7 Å². The van der Waals surface area contributed by atoms with Crippen LogP contribution in [0, 0.1) is 0 Å². The van der Waals surface area contributed by atoms with Crippen molar-refractivity contribution in [2.75, 3.05) is 4.72 Å². The second-order valence-corrected chi connectivity index (χ2v) is 7.18. The first-order valence-corrected chi connectivity index (χ1v) is 8.91. The number of sulfonamides is 1.